The molecule has 0 radical (unpaired) electrons. The Balaban J connectivity index is 2.23. The molecule has 2 heterocycles. The molecule has 0 saturated carbocycles. The monoisotopic (exact) mass is 252 g/mol. The zero-order valence-electron chi connectivity index (χ0n) is 10.1. The van der Waals surface area contributed by atoms with Gasteiger partial charge in [0.1, 0.15) is 0 Å². The van der Waals surface area contributed by atoms with E-state index in [0.29, 0.717) is 0 Å². The summed E-state index contributed by atoms with van der Waals surface area (Å²) in [5, 5.41) is 9.52. The van der Waals surface area contributed by atoms with Crippen LogP contribution in [0, 0.1) is 0 Å². The maximum atomic E-state index is 11.2. The summed E-state index contributed by atoms with van der Waals surface area (Å²) in [6, 6.07) is 1.46. The van der Waals surface area contributed by atoms with E-state index in [1.807, 2.05) is 12.2 Å². The molecule has 0 fully saturated rings. The summed E-state index contributed by atoms with van der Waals surface area (Å²) < 4.78 is 0. The molecule has 2 aromatic heterocycles. The van der Waals surface area contributed by atoms with E-state index in [1.54, 1.807) is 18.6 Å². The molecule has 0 amide bonds. The molecule has 0 aliphatic heterocycles. The lowest BCUT2D eigenvalue weighted by molar-refractivity contribution is 0.467. The lowest BCUT2D eigenvalue weighted by atomic mass is 9.99. The number of aromatic hydroxyl groups is 1. The van der Waals surface area contributed by atoms with E-state index in [1.165, 1.54) is 6.07 Å². The first-order valence-corrected chi connectivity index (χ1v) is 5.99. The highest BCUT2D eigenvalue weighted by atomic mass is 16.3. The molecular formula is C15H12N2O2. The van der Waals surface area contributed by atoms with Gasteiger partial charge in [-0.05, 0) is 18.1 Å². The highest BCUT2D eigenvalue weighted by molar-refractivity contribution is 5.81. The van der Waals surface area contributed by atoms with Crippen LogP contribution in [0.25, 0.3) is 23.3 Å². The Morgan fingerprint density at radius 2 is 2.05 bits per heavy atom. The number of rotatable bonds is 1. The van der Waals surface area contributed by atoms with Crippen molar-refractivity contribution in [1.82, 2.24) is 9.97 Å². The van der Waals surface area contributed by atoms with Gasteiger partial charge in [-0.15, -0.1) is 0 Å². The molecular weight excluding hydrogens is 240 g/mol. The third-order valence-corrected chi connectivity index (χ3v) is 3.07. The smallest absolute Gasteiger partial charge is 0.290 e. The first-order valence-electron chi connectivity index (χ1n) is 5.99. The topological polar surface area (TPSA) is 66.0 Å². The van der Waals surface area contributed by atoms with Crippen LogP contribution in [0.1, 0.15) is 17.5 Å². The molecule has 2 N–H and O–H groups in total. The van der Waals surface area contributed by atoms with Crippen LogP contribution >= 0.6 is 0 Å². The van der Waals surface area contributed by atoms with E-state index in [-0.39, 0.29) is 5.75 Å². The van der Waals surface area contributed by atoms with Crippen molar-refractivity contribution in [1.29, 1.82) is 0 Å². The van der Waals surface area contributed by atoms with Gasteiger partial charge in [-0.25, -0.2) is 0 Å². The summed E-state index contributed by atoms with van der Waals surface area (Å²) >= 11 is 0. The number of nitrogens with one attached hydrogen (secondary N) is 1. The Labute approximate surface area is 109 Å². The number of allylic oxidation sites excluding steroid dienone is 2. The van der Waals surface area contributed by atoms with E-state index in [0.717, 1.165) is 28.7 Å². The van der Waals surface area contributed by atoms with Crippen molar-refractivity contribution in [2.45, 2.75) is 6.42 Å². The number of aromatic amines is 1. The first-order chi connectivity index (χ1) is 9.25. The van der Waals surface area contributed by atoms with Gasteiger partial charge in [0, 0.05) is 35.3 Å². The van der Waals surface area contributed by atoms with Crippen LogP contribution < -0.4 is 5.56 Å². The van der Waals surface area contributed by atoms with Crippen LogP contribution in [-0.2, 0) is 0 Å². The van der Waals surface area contributed by atoms with E-state index in [9.17, 15) is 9.90 Å². The van der Waals surface area contributed by atoms with Gasteiger partial charge < -0.3 is 10.1 Å². The van der Waals surface area contributed by atoms with Gasteiger partial charge in [-0.1, -0.05) is 24.3 Å². The molecule has 0 atom stereocenters. The highest BCUT2D eigenvalue weighted by Crippen LogP contribution is 2.29. The third kappa shape index (κ3) is 2.08. The largest absolute Gasteiger partial charge is 0.503 e. The predicted octanol–water partition coefficient (Wildman–Crippen LogP) is 2.57. The first kappa shape index (κ1) is 11.5. The van der Waals surface area contributed by atoms with Crippen molar-refractivity contribution in [2.75, 3.05) is 0 Å². The average Bonchev–Trinajstić information content (AvgIpc) is 2.67. The summed E-state index contributed by atoms with van der Waals surface area (Å²) in [6.45, 7) is 0. The van der Waals surface area contributed by atoms with E-state index in [2.05, 4.69) is 22.1 Å². The normalized spacial score (nSPS) is 13.1. The van der Waals surface area contributed by atoms with Gasteiger partial charge in [0.2, 0.25) is 0 Å². The van der Waals surface area contributed by atoms with Gasteiger partial charge in [-0.2, -0.15) is 0 Å². The molecule has 0 saturated heterocycles. The van der Waals surface area contributed by atoms with Gasteiger partial charge >= 0.3 is 0 Å². The maximum Gasteiger partial charge on any atom is 0.290 e. The van der Waals surface area contributed by atoms with Crippen LogP contribution in [-0.4, -0.2) is 15.1 Å². The van der Waals surface area contributed by atoms with Crippen LogP contribution in [0.2, 0.25) is 0 Å². The second-order valence-corrected chi connectivity index (χ2v) is 4.33. The number of aromatic nitrogens is 2. The molecule has 1 aliphatic carbocycles. The number of H-pyrrole nitrogens is 1. The lowest BCUT2D eigenvalue weighted by Crippen LogP contribution is -2.04. The predicted molar refractivity (Wildman–Crippen MR) is 74.6 cm³/mol. The zero-order valence-corrected chi connectivity index (χ0v) is 10.1. The van der Waals surface area contributed by atoms with Crippen molar-refractivity contribution in [3.05, 3.63) is 58.3 Å². The fourth-order valence-corrected chi connectivity index (χ4v) is 2.12. The molecule has 2 aromatic rings. The molecule has 0 bridgehead atoms. The number of pyridine rings is 2. The molecule has 0 unspecified atom stereocenters. The molecule has 3 rings (SSSR count). The minimum absolute atomic E-state index is 0.289. The van der Waals surface area contributed by atoms with Crippen molar-refractivity contribution in [3.63, 3.8) is 0 Å². The zero-order chi connectivity index (χ0) is 13.2. The Kier molecular flexibility index (Phi) is 2.76. The Bertz CT molecular complexity index is 742. The summed E-state index contributed by atoms with van der Waals surface area (Å²) in [5.74, 6) is -0.289. The minimum atomic E-state index is -0.492. The number of nitrogens with zero attached hydrogens (tertiary/aromatic N) is 1. The molecule has 4 heteroatoms. The third-order valence-electron chi connectivity index (χ3n) is 3.07. The summed E-state index contributed by atoms with van der Waals surface area (Å²) in [4.78, 5) is 17.9. The Morgan fingerprint density at radius 3 is 2.89 bits per heavy atom. The number of hydrogen-bond donors (Lipinski definition) is 2. The average molecular weight is 252 g/mol. The molecule has 4 nitrogen and oxygen atoms in total. The standard InChI is InChI=1S/C15H12N2O2/c18-14-6-11(8-17-15(14)19)13-9-16-7-10-4-2-1-3-5-12(10)13/h2-9,18H,1H2,(H,17,19). The number of fused-ring (bicyclic) bond motifs is 1. The van der Waals surface area contributed by atoms with Gasteiger partial charge in [0.25, 0.3) is 5.56 Å². The number of hydrogen-bond acceptors (Lipinski definition) is 3. The Morgan fingerprint density at radius 1 is 1.21 bits per heavy atom. The van der Waals surface area contributed by atoms with Gasteiger partial charge in [-0.3, -0.25) is 9.78 Å². The van der Waals surface area contributed by atoms with E-state index >= 15 is 0 Å². The van der Waals surface area contributed by atoms with Crippen molar-refractivity contribution < 1.29 is 5.11 Å². The molecule has 1 aliphatic rings. The van der Waals surface area contributed by atoms with Crippen molar-refractivity contribution in [2.24, 2.45) is 0 Å². The molecule has 0 aromatic carbocycles. The van der Waals surface area contributed by atoms with E-state index in [4.69, 9.17) is 0 Å². The Hall–Kier alpha value is -2.62. The molecule has 0 spiro atoms. The molecule has 94 valence electrons. The summed E-state index contributed by atoms with van der Waals surface area (Å²) in [5.41, 5.74) is 3.19. The summed E-state index contributed by atoms with van der Waals surface area (Å²) in [7, 11) is 0. The second-order valence-electron chi connectivity index (χ2n) is 4.33. The van der Waals surface area contributed by atoms with Crippen LogP contribution in [0.15, 0.2) is 41.6 Å². The fourth-order valence-electron chi connectivity index (χ4n) is 2.12. The lowest BCUT2D eigenvalue weighted by Gasteiger charge is -2.08. The van der Waals surface area contributed by atoms with Gasteiger partial charge in [0.15, 0.2) is 5.75 Å². The fraction of sp³-hybridized carbons (Fsp3) is 0.0667. The van der Waals surface area contributed by atoms with Crippen LogP contribution in [0.3, 0.4) is 0 Å². The molecule has 19 heavy (non-hydrogen) atoms. The SMILES string of the molecule is O=c1[nH]cc(-c2cncc3c2C=CCC=C3)cc1O. The maximum absolute atomic E-state index is 11.2. The summed E-state index contributed by atoms with van der Waals surface area (Å²) in [6.07, 6.45) is 14.2. The van der Waals surface area contributed by atoms with Crippen molar-refractivity contribution >= 4 is 12.2 Å². The minimum Gasteiger partial charge on any atom is -0.503 e. The van der Waals surface area contributed by atoms with E-state index < -0.39 is 5.56 Å². The van der Waals surface area contributed by atoms with Gasteiger partial charge in [0.05, 0.1) is 0 Å². The van der Waals surface area contributed by atoms with Crippen LogP contribution in [0.4, 0.5) is 0 Å². The second kappa shape index (κ2) is 4.57. The van der Waals surface area contributed by atoms with Crippen LogP contribution in [0.5, 0.6) is 5.75 Å². The highest BCUT2D eigenvalue weighted by Gasteiger charge is 2.10. The van der Waals surface area contributed by atoms with Crippen molar-refractivity contribution in [3.8, 4) is 16.9 Å². The quantitative estimate of drug-likeness (QED) is 0.819.